The molecule has 1 heteroatoms. The highest BCUT2D eigenvalue weighted by molar-refractivity contribution is 7.81. The van der Waals surface area contributed by atoms with Crippen LogP contribution in [0.3, 0.4) is 0 Å². The summed E-state index contributed by atoms with van der Waals surface area (Å²) in [5.74, 6) is 4.83. The lowest BCUT2D eigenvalue weighted by atomic mass is 9.69. The van der Waals surface area contributed by atoms with E-state index < -0.39 is 0 Å². The molecule has 0 spiro atoms. The van der Waals surface area contributed by atoms with Crippen LogP contribution >= 0.6 is 12.6 Å². The first-order valence-corrected chi connectivity index (χ1v) is 11.3. The molecule has 2 rings (SSSR count). The standard InChI is InChI=1S/C22H42S/c1-4-9-18-11-8-14-20(16-18)21(22(23)10-5-2)15-17(3)19-12-6-7-13-19/h17-23H,4-16H2,1-3H3. The Balaban J connectivity index is 1.97. The van der Waals surface area contributed by atoms with Gasteiger partial charge in [0.15, 0.2) is 0 Å². The summed E-state index contributed by atoms with van der Waals surface area (Å²) in [5.41, 5.74) is 0. The zero-order valence-corrected chi connectivity index (χ0v) is 17.0. The lowest BCUT2D eigenvalue weighted by molar-refractivity contribution is 0.148. The molecule has 5 unspecified atom stereocenters. The van der Waals surface area contributed by atoms with Crippen LogP contribution in [0.4, 0.5) is 0 Å². The molecule has 5 atom stereocenters. The van der Waals surface area contributed by atoms with Gasteiger partial charge < -0.3 is 0 Å². The number of rotatable bonds is 9. The monoisotopic (exact) mass is 338 g/mol. The Labute approximate surface area is 152 Å². The van der Waals surface area contributed by atoms with E-state index >= 15 is 0 Å². The van der Waals surface area contributed by atoms with Crippen LogP contribution < -0.4 is 0 Å². The summed E-state index contributed by atoms with van der Waals surface area (Å²) in [5, 5.41) is 0.647. The molecular formula is C22H42S. The summed E-state index contributed by atoms with van der Waals surface area (Å²) >= 11 is 5.11. The van der Waals surface area contributed by atoms with Crippen molar-refractivity contribution in [2.75, 3.05) is 0 Å². The van der Waals surface area contributed by atoms with Crippen LogP contribution in [-0.4, -0.2) is 5.25 Å². The van der Waals surface area contributed by atoms with E-state index in [0.717, 1.165) is 29.6 Å². The molecule has 0 aromatic carbocycles. The maximum atomic E-state index is 5.11. The van der Waals surface area contributed by atoms with E-state index in [0.29, 0.717) is 5.25 Å². The predicted octanol–water partition coefficient (Wildman–Crippen LogP) is 7.52. The third-order valence-corrected chi connectivity index (χ3v) is 7.69. The fourth-order valence-corrected chi connectivity index (χ4v) is 6.34. The first kappa shape index (κ1) is 19.7. The van der Waals surface area contributed by atoms with Crippen LogP contribution in [0.1, 0.15) is 104 Å². The minimum Gasteiger partial charge on any atom is -0.176 e. The van der Waals surface area contributed by atoms with Gasteiger partial charge >= 0.3 is 0 Å². The van der Waals surface area contributed by atoms with Gasteiger partial charge in [-0.25, -0.2) is 0 Å². The molecule has 0 N–H and O–H groups in total. The third-order valence-electron chi connectivity index (χ3n) is 7.05. The van der Waals surface area contributed by atoms with Gasteiger partial charge in [-0.1, -0.05) is 85.0 Å². The van der Waals surface area contributed by atoms with E-state index in [1.807, 2.05) is 0 Å². The van der Waals surface area contributed by atoms with Gasteiger partial charge in [-0.05, 0) is 48.9 Å². The average Bonchev–Trinajstić information content (AvgIpc) is 3.07. The summed E-state index contributed by atoms with van der Waals surface area (Å²) in [6.07, 6.45) is 18.9. The van der Waals surface area contributed by atoms with Crippen molar-refractivity contribution in [2.24, 2.45) is 29.6 Å². The first-order valence-electron chi connectivity index (χ1n) is 10.8. The number of hydrogen-bond acceptors (Lipinski definition) is 1. The third kappa shape index (κ3) is 5.98. The molecule has 0 bridgehead atoms. The van der Waals surface area contributed by atoms with E-state index in [4.69, 9.17) is 12.6 Å². The summed E-state index contributed by atoms with van der Waals surface area (Å²) in [6.45, 7) is 7.25. The zero-order chi connectivity index (χ0) is 16.7. The molecule has 0 nitrogen and oxygen atoms in total. The maximum absolute atomic E-state index is 5.11. The Morgan fingerprint density at radius 2 is 1.61 bits per heavy atom. The van der Waals surface area contributed by atoms with Gasteiger partial charge in [-0.3, -0.25) is 0 Å². The molecule has 2 aliphatic rings. The van der Waals surface area contributed by atoms with Gasteiger partial charge in [0.05, 0.1) is 0 Å². The molecule has 0 aliphatic heterocycles. The minimum absolute atomic E-state index is 0.647. The molecule has 0 aromatic heterocycles. The Hall–Kier alpha value is 0.350. The van der Waals surface area contributed by atoms with E-state index in [-0.39, 0.29) is 0 Å². The molecule has 0 aromatic rings. The molecule has 0 amide bonds. The summed E-state index contributed by atoms with van der Waals surface area (Å²) < 4.78 is 0. The minimum atomic E-state index is 0.647. The molecule has 0 saturated heterocycles. The molecular weight excluding hydrogens is 296 g/mol. The number of thiol groups is 1. The van der Waals surface area contributed by atoms with E-state index in [9.17, 15) is 0 Å². The van der Waals surface area contributed by atoms with Crippen molar-refractivity contribution in [3.05, 3.63) is 0 Å². The van der Waals surface area contributed by atoms with Crippen LogP contribution in [0.5, 0.6) is 0 Å². The predicted molar refractivity (Wildman–Crippen MR) is 107 cm³/mol. The van der Waals surface area contributed by atoms with Gasteiger partial charge in [0.1, 0.15) is 0 Å². The van der Waals surface area contributed by atoms with Crippen molar-refractivity contribution in [3.8, 4) is 0 Å². The molecule has 2 fully saturated rings. The maximum Gasteiger partial charge on any atom is 0.00477 e. The highest BCUT2D eigenvalue weighted by Gasteiger charge is 2.34. The molecule has 136 valence electrons. The van der Waals surface area contributed by atoms with Crippen molar-refractivity contribution < 1.29 is 0 Å². The van der Waals surface area contributed by atoms with Gasteiger partial charge in [0.25, 0.3) is 0 Å². The fraction of sp³-hybridized carbons (Fsp3) is 1.00. The van der Waals surface area contributed by atoms with E-state index in [1.165, 1.54) is 83.5 Å². The van der Waals surface area contributed by atoms with Gasteiger partial charge in [-0.15, -0.1) is 0 Å². The van der Waals surface area contributed by atoms with Gasteiger partial charge in [0.2, 0.25) is 0 Å². The lowest BCUT2D eigenvalue weighted by Gasteiger charge is -2.39. The highest BCUT2D eigenvalue weighted by atomic mass is 32.1. The Morgan fingerprint density at radius 1 is 0.913 bits per heavy atom. The summed E-state index contributed by atoms with van der Waals surface area (Å²) in [4.78, 5) is 0. The van der Waals surface area contributed by atoms with Crippen LogP contribution in [0.15, 0.2) is 0 Å². The van der Waals surface area contributed by atoms with Crippen LogP contribution in [0.2, 0.25) is 0 Å². The van der Waals surface area contributed by atoms with Crippen LogP contribution in [-0.2, 0) is 0 Å². The second-order valence-corrected chi connectivity index (χ2v) is 9.52. The molecule has 2 aliphatic carbocycles. The topological polar surface area (TPSA) is 0 Å². The van der Waals surface area contributed by atoms with Gasteiger partial charge in [0, 0.05) is 5.25 Å². The Morgan fingerprint density at radius 3 is 2.26 bits per heavy atom. The average molecular weight is 339 g/mol. The second kappa shape index (κ2) is 10.4. The number of hydrogen-bond donors (Lipinski definition) is 1. The van der Waals surface area contributed by atoms with Crippen molar-refractivity contribution in [2.45, 2.75) is 109 Å². The van der Waals surface area contributed by atoms with Crippen molar-refractivity contribution in [1.82, 2.24) is 0 Å². The normalized spacial score (nSPS) is 30.3. The summed E-state index contributed by atoms with van der Waals surface area (Å²) in [7, 11) is 0. The van der Waals surface area contributed by atoms with Crippen molar-refractivity contribution in [3.63, 3.8) is 0 Å². The Bertz CT molecular complexity index is 305. The fourth-order valence-electron chi connectivity index (χ4n) is 5.71. The van der Waals surface area contributed by atoms with Crippen molar-refractivity contribution >= 4 is 12.6 Å². The largest absolute Gasteiger partial charge is 0.176 e. The zero-order valence-electron chi connectivity index (χ0n) is 16.1. The summed E-state index contributed by atoms with van der Waals surface area (Å²) in [6, 6.07) is 0. The smallest absolute Gasteiger partial charge is 0.00477 e. The first-order chi connectivity index (χ1) is 11.2. The van der Waals surface area contributed by atoms with Crippen LogP contribution in [0.25, 0.3) is 0 Å². The second-order valence-electron chi connectivity index (χ2n) is 8.86. The Kier molecular flexibility index (Phi) is 8.87. The quantitative estimate of drug-likeness (QED) is 0.413. The molecule has 23 heavy (non-hydrogen) atoms. The van der Waals surface area contributed by atoms with E-state index in [2.05, 4.69) is 20.8 Å². The lowest BCUT2D eigenvalue weighted by Crippen LogP contribution is -2.31. The highest BCUT2D eigenvalue weighted by Crippen LogP contribution is 2.44. The SMILES string of the molecule is CCCC1CCCC(C(CC(C)C2CCCC2)C(S)CCC)C1. The van der Waals surface area contributed by atoms with E-state index in [1.54, 1.807) is 0 Å². The molecule has 0 heterocycles. The van der Waals surface area contributed by atoms with Crippen molar-refractivity contribution in [1.29, 1.82) is 0 Å². The van der Waals surface area contributed by atoms with Crippen LogP contribution in [0, 0.1) is 29.6 Å². The molecule has 2 saturated carbocycles. The van der Waals surface area contributed by atoms with Gasteiger partial charge in [-0.2, -0.15) is 12.6 Å². The molecule has 0 radical (unpaired) electrons.